The van der Waals surface area contributed by atoms with E-state index in [1.165, 1.54) is 11.3 Å². The maximum absolute atomic E-state index is 12.5. The molecule has 0 spiro atoms. The first-order valence-corrected chi connectivity index (χ1v) is 11.9. The predicted molar refractivity (Wildman–Crippen MR) is 131 cm³/mol. The second kappa shape index (κ2) is 8.62. The van der Waals surface area contributed by atoms with Crippen molar-refractivity contribution in [3.63, 3.8) is 0 Å². The van der Waals surface area contributed by atoms with Crippen LogP contribution in [0, 0.1) is 6.92 Å². The number of benzene rings is 1. The molecule has 1 aliphatic rings. The van der Waals surface area contributed by atoms with Gasteiger partial charge in [-0.2, -0.15) is 5.10 Å². The molecule has 5 rings (SSSR count). The molecule has 174 valence electrons. The van der Waals surface area contributed by atoms with Gasteiger partial charge in [0.05, 0.1) is 11.9 Å². The number of hydrogen-bond donors (Lipinski definition) is 2. The zero-order valence-electron chi connectivity index (χ0n) is 19.2. The van der Waals surface area contributed by atoms with Crippen LogP contribution in [-0.2, 0) is 16.9 Å². The highest BCUT2D eigenvalue weighted by Crippen LogP contribution is 2.36. The van der Waals surface area contributed by atoms with Crippen molar-refractivity contribution < 1.29 is 9.90 Å². The molecule has 2 N–H and O–H groups in total. The molecule has 34 heavy (non-hydrogen) atoms. The van der Waals surface area contributed by atoms with Crippen molar-refractivity contribution in [1.29, 1.82) is 0 Å². The number of likely N-dealkylation sites (N-methyl/N-ethyl adjacent to an activating group) is 1. The standard InChI is InChI=1S/C24H25N7O2S/c1-4-31-20(15(2)13-26-31)29-23-25-10-8-18(28-23)19-14-34-21(27-19)16-6-5-7-17(12-16)24(33)9-11-30(3)22(24)32/h5-8,10,12-14,33H,4,9,11H2,1-3H3,(H,25,28,29). The van der Waals surface area contributed by atoms with Crippen LogP contribution >= 0.6 is 11.3 Å². The Balaban J connectivity index is 1.41. The zero-order valence-corrected chi connectivity index (χ0v) is 20.0. The molecule has 1 atom stereocenters. The van der Waals surface area contributed by atoms with Gasteiger partial charge in [0.25, 0.3) is 5.91 Å². The number of nitrogens with one attached hydrogen (secondary N) is 1. The molecule has 4 aromatic rings. The number of aromatic nitrogens is 5. The topological polar surface area (TPSA) is 109 Å². The molecule has 9 nitrogen and oxygen atoms in total. The van der Waals surface area contributed by atoms with E-state index < -0.39 is 5.60 Å². The molecular formula is C24H25N7O2S. The third kappa shape index (κ3) is 3.84. The van der Waals surface area contributed by atoms with E-state index in [-0.39, 0.29) is 5.91 Å². The molecule has 1 saturated heterocycles. The SMILES string of the molecule is CCn1ncc(C)c1Nc1nccc(-c2csc(-c3cccc(C4(O)CCN(C)C4=O)c3)n2)n1. The Bertz CT molecular complexity index is 1360. The van der Waals surface area contributed by atoms with E-state index in [1.807, 2.05) is 54.4 Å². The normalized spacial score (nSPS) is 18.0. The van der Waals surface area contributed by atoms with Gasteiger partial charge in [-0.3, -0.25) is 4.79 Å². The van der Waals surface area contributed by atoms with Gasteiger partial charge in [0, 0.05) is 49.3 Å². The summed E-state index contributed by atoms with van der Waals surface area (Å²) < 4.78 is 1.86. The number of likely N-dealkylation sites (tertiary alicyclic amines) is 1. The molecular weight excluding hydrogens is 450 g/mol. The van der Waals surface area contributed by atoms with Crippen LogP contribution < -0.4 is 5.32 Å². The summed E-state index contributed by atoms with van der Waals surface area (Å²) in [5, 5.41) is 21.3. The molecule has 0 bridgehead atoms. The molecule has 10 heteroatoms. The van der Waals surface area contributed by atoms with E-state index in [1.54, 1.807) is 24.2 Å². The molecule has 1 fully saturated rings. The van der Waals surface area contributed by atoms with E-state index in [4.69, 9.17) is 4.98 Å². The lowest BCUT2D eigenvalue weighted by atomic mass is 9.91. The molecule has 1 unspecified atom stereocenters. The van der Waals surface area contributed by atoms with E-state index in [0.717, 1.165) is 34.2 Å². The number of hydrogen-bond acceptors (Lipinski definition) is 8. The molecule has 1 aliphatic heterocycles. The first-order valence-electron chi connectivity index (χ1n) is 11.1. The average molecular weight is 476 g/mol. The summed E-state index contributed by atoms with van der Waals surface area (Å²) in [7, 11) is 1.71. The smallest absolute Gasteiger partial charge is 0.258 e. The number of aryl methyl sites for hydroxylation is 2. The quantitative estimate of drug-likeness (QED) is 0.439. The highest BCUT2D eigenvalue weighted by Gasteiger charge is 2.45. The highest BCUT2D eigenvalue weighted by molar-refractivity contribution is 7.13. The molecule has 1 amide bonds. The Morgan fingerprint density at radius 3 is 2.85 bits per heavy atom. The van der Waals surface area contributed by atoms with E-state index in [2.05, 4.69) is 20.4 Å². The van der Waals surface area contributed by atoms with Crippen molar-refractivity contribution >= 4 is 29.0 Å². The van der Waals surface area contributed by atoms with Gasteiger partial charge in [-0.15, -0.1) is 11.3 Å². The second-order valence-electron chi connectivity index (χ2n) is 8.34. The molecule has 3 aromatic heterocycles. The van der Waals surface area contributed by atoms with Crippen LogP contribution in [-0.4, -0.2) is 54.2 Å². The first kappa shape index (κ1) is 22.2. The summed E-state index contributed by atoms with van der Waals surface area (Å²) in [6.45, 7) is 5.28. The summed E-state index contributed by atoms with van der Waals surface area (Å²) in [6.07, 6.45) is 3.89. The van der Waals surface area contributed by atoms with E-state index in [0.29, 0.717) is 30.2 Å². The van der Waals surface area contributed by atoms with Crippen molar-refractivity contribution in [3.8, 4) is 22.0 Å². The van der Waals surface area contributed by atoms with Crippen LogP contribution in [0.3, 0.4) is 0 Å². The highest BCUT2D eigenvalue weighted by atomic mass is 32.1. The number of anilines is 2. The lowest BCUT2D eigenvalue weighted by Gasteiger charge is -2.21. The first-order chi connectivity index (χ1) is 16.4. The Hall–Kier alpha value is -3.63. The zero-order chi connectivity index (χ0) is 23.9. The summed E-state index contributed by atoms with van der Waals surface area (Å²) in [6, 6.07) is 9.24. The average Bonchev–Trinajstić information content (AvgIpc) is 3.55. The predicted octanol–water partition coefficient (Wildman–Crippen LogP) is 3.59. The Morgan fingerprint density at radius 1 is 1.24 bits per heavy atom. The van der Waals surface area contributed by atoms with Crippen LogP contribution in [0.1, 0.15) is 24.5 Å². The summed E-state index contributed by atoms with van der Waals surface area (Å²) in [4.78, 5) is 27.8. The van der Waals surface area contributed by atoms with Gasteiger partial charge in [0.15, 0.2) is 5.60 Å². The van der Waals surface area contributed by atoms with Crippen molar-refractivity contribution in [2.75, 3.05) is 18.9 Å². The monoisotopic (exact) mass is 475 g/mol. The van der Waals surface area contributed by atoms with Gasteiger partial charge in [-0.1, -0.05) is 18.2 Å². The van der Waals surface area contributed by atoms with Gasteiger partial charge >= 0.3 is 0 Å². The van der Waals surface area contributed by atoms with Crippen molar-refractivity contribution in [2.24, 2.45) is 0 Å². The number of rotatable bonds is 6. The van der Waals surface area contributed by atoms with Gasteiger partial charge in [-0.25, -0.2) is 19.6 Å². The lowest BCUT2D eigenvalue weighted by molar-refractivity contribution is -0.143. The number of aliphatic hydroxyl groups is 1. The fourth-order valence-corrected chi connectivity index (χ4v) is 4.91. The van der Waals surface area contributed by atoms with Crippen molar-refractivity contribution in [1.82, 2.24) is 29.6 Å². The molecule has 1 aromatic carbocycles. The third-order valence-electron chi connectivity index (χ3n) is 6.07. The molecule has 0 radical (unpaired) electrons. The minimum atomic E-state index is -1.48. The lowest BCUT2D eigenvalue weighted by Crippen LogP contribution is -2.36. The van der Waals surface area contributed by atoms with Crippen LogP contribution in [0.4, 0.5) is 11.8 Å². The van der Waals surface area contributed by atoms with Gasteiger partial charge in [0.1, 0.15) is 16.5 Å². The number of thiazole rings is 1. The maximum Gasteiger partial charge on any atom is 0.258 e. The van der Waals surface area contributed by atoms with Crippen LogP contribution in [0.5, 0.6) is 0 Å². The van der Waals surface area contributed by atoms with Gasteiger partial charge in [0.2, 0.25) is 5.95 Å². The second-order valence-corrected chi connectivity index (χ2v) is 9.20. The number of carbonyl (C=O) groups is 1. The Kier molecular flexibility index (Phi) is 5.62. The summed E-state index contributed by atoms with van der Waals surface area (Å²) >= 11 is 1.49. The third-order valence-corrected chi connectivity index (χ3v) is 6.96. The fraction of sp³-hybridized carbons (Fsp3) is 0.292. The van der Waals surface area contributed by atoms with Gasteiger partial charge < -0.3 is 15.3 Å². The minimum absolute atomic E-state index is 0.273. The maximum atomic E-state index is 12.5. The Labute approximate surface area is 201 Å². The van der Waals surface area contributed by atoms with Crippen molar-refractivity contribution in [2.45, 2.75) is 32.4 Å². The summed E-state index contributed by atoms with van der Waals surface area (Å²) in [5.74, 6) is 1.06. The van der Waals surface area contributed by atoms with Crippen molar-refractivity contribution in [3.05, 3.63) is 59.2 Å². The van der Waals surface area contributed by atoms with Crippen LogP contribution in [0.25, 0.3) is 22.0 Å². The largest absolute Gasteiger partial charge is 0.375 e. The van der Waals surface area contributed by atoms with Crippen LogP contribution in [0.2, 0.25) is 0 Å². The molecule has 0 aliphatic carbocycles. The number of carbonyl (C=O) groups excluding carboxylic acids is 1. The van der Waals surface area contributed by atoms with Gasteiger partial charge in [-0.05, 0) is 31.5 Å². The fourth-order valence-electron chi connectivity index (χ4n) is 4.10. The molecule has 4 heterocycles. The number of amides is 1. The van der Waals surface area contributed by atoms with E-state index >= 15 is 0 Å². The summed E-state index contributed by atoms with van der Waals surface area (Å²) in [5.41, 5.74) is 2.39. The van der Waals surface area contributed by atoms with E-state index in [9.17, 15) is 9.90 Å². The molecule has 0 saturated carbocycles. The van der Waals surface area contributed by atoms with Crippen LogP contribution in [0.15, 0.2) is 48.1 Å². The number of nitrogens with zero attached hydrogens (tertiary/aromatic N) is 6. The minimum Gasteiger partial charge on any atom is -0.375 e. The Morgan fingerprint density at radius 2 is 2.09 bits per heavy atom.